The monoisotopic (exact) mass is 198 g/mol. The van der Waals surface area contributed by atoms with Crippen LogP contribution in [0.5, 0.6) is 0 Å². The molecule has 0 amide bonds. The standard InChI is InChI=1S/C12H26N2/c1-3-11(4-2)14(10-9-13)12-7-5-6-8-12/h11-12H,3-10,13H2,1-2H3. The molecule has 2 heteroatoms. The zero-order valence-corrected chi connectivity index (χ0v) is 9.84. The molecule has 0 radical (unpaired) electrons. The maximum Gasteiger partial charge on any atom is 0.0110 e. The maximum absolute atomic E-state index is 5.70. The Morgan fingerprint density at radius 2 is 1.79 bits per heavy atom. The Balaban J connectivity index is 2.51. The summed E-state index contributed by atoms with van der Waals surface area (Å²) in [5.41, 5.74) is 5.70. The molecule has 1 aliphatic carbocycles. The van der Waals surface area contributed by atoms with E-state index in [0.717, 1.165) is 25.2 Å². The zero-order valence-electron chi connectivity index (χ0n) is 9.84. The second-order valence-corrected chi connectivity index (χ2v) is 4.44. The molecule has 0 aliphatic heterocycles. The zero-order chi connectivity index (χ0) is 10.4. The van der Waals surface area contributed by atoms with Crippen LogP contribution in [0.2, 0.25) is 0 Å². The summed E-state index contributed by atoms with van der Waals surface area (Å²) in [4.78, 5) is 2.67. The highest BCUT2D eigenvalue weighted by atomic mass is 15.2. The van der Waals surface area contributed by atoms with Crippen molar-refractivity contribution in [3.05, 3.63) is 0 Å². The van der Waals surface area contributed by atoms with Crippen LogP contribution < -0.4 is 5.73 Å². The molecule has 0 atom stereocenters. The number of nitrogens with zero attached hydrogens (tertiary/aromatic N) is 1. The van der Waals surface area contributed by atoms with Crippen molar-refractivity contribution in [3.8, 4) is 0 Å². The summed E-state index contributed by atoms with van der Waals surface area (Å²) in [5.74, 6) is 0. The molecule has 14 heavy (non-hydrogen) atoms. The Morgan fingerprint density at radius 3 is 2.21 bits per heavy atom. The third kappa shape index (κ3) is 2.96. The van der Waals surface area contributed by atoms with Crippen molar-refractivity contribution in [1.29, 1.82) is 0 Å². The molecule has 84 valence electrons. The van der Waals surface area contributed by atoms with Gasteiger partial charge < -0.3 is 5.73 Å². The maximum atomic E-state index is 5.70. The van der Waals surface area contributed by atoms with Gasteiger partial charge in [-0.15, -0.1) is 0 Å². The van der Waals surface area contributed by atoms with Crippen LogP contribution in [0.1, 0.15) is 52.4 Å². The van der Waals surface area contributed by atoms with Crippen molar-refractivity contribution in [3.63, 3.8) is 0 Å². The second-order valence-electron chi connectivity index (χ2n) is 4.44. The predicted octanol–water partition coefficient (Wildman–Crippen LogP) is 2.38. The van der Waals surface area contributed by atoms with Gasteiger partial charge in [0.25, 0.3) is 0 Å². The van der Waals surface area contributed by atoms with Crippen molar-refractivity contribution in [1.82, 2.24) is 4.90 Å². The normalized spacial score (nSPS) is 18.6. The molecular formula is C12H26N2. The molecule has 2 nitrogen and oxygen atoms in total. The lowest BCUT2D eigenvalue weighted by atomic mass is 10.1. The van der Waals surface area contributed by atoms with Gasteiger partial charge in [0.1, 0.15) is 0 Å². The number of nitrogens with two attached hydrogens (primary N) is 1. The summed E-state index contributed by atoms with van der Waals surface area (Å²) in [5, 5.41) is 0. The fraction of sp³-hybridized carbons (Fsp3) is 1.00. The lowest BCUT2D eigenvalue weighted by molar-refractivity contribution is 0.132. The van der Waals surface area contributed by atoms with Crippen LogP contribution in [0.3, 0.4) is 0 Å². The van der Waals surface area contributed by atoms with E-state index in [0.29, 0.717) is 0 Å². The Morgan fingerprint density at radius 1 is 1.21 bits per heavy atom. The molecule has 0 aromatic rings. The molecule has 0 aromatic carbocycles. The van der Waals surface area contributed by atoms with Crippen molar-refractivity contribution < 1.29 is 0 Å². The third-order valence-corrected chi connectivity index (χ3v) is 3.59. The summed E-state index contributed by atoms with van der Waals surface area (Å²) in [7, 11) is 0. The van der Waals surface area contributed by atoms with Crippen LogP contribution >= 0.6 is 0 Å². The fourth-order valence-corrected chi connectivity index (χ4v) is 2.81. The largest absolute Gasteiger partial charge is 0.329 e. The molecule has 1 rings (SSSR count). The third-order valence-electron chi connectivity index (χ3n) is 3.59. The molecule has 0 aromatic heterocycles. The highest BCUT2D eigenvalue weighted by molar-refractivity contribution is 4.82. The van der Waals surface area contributed by atoms with Gasteiger partial charge in [-0.25, -0.2) is 0 Å². The summed E-state index contributed by atoms with van der Waals surface area (Å²) in [6.45, 7) is 6.50. The van der Waals surface area contributed by atoms with Gasteiger partial charge in [-0.1, -0.05) is 26.7 Å². The van der Waals surface area contributed by atoms with E-state index in [4.69, 9.17) is 5.73 Å². The first-order valence-corrected chi connectivity index (χ1v) is 6.29. The van der Waals surface area contributed by atoms with Crippen LogP contribution in [0.4, 0.5) is 0 Å². The topological polar surface area (TPSA) is 29.3 Å². The summed E-state index contributed by atoms with van der Waals surface area (Å²) in [6.07, 6.45) is 8.19. The highest BCUT2D eigenvalue weighted by Gasteiger charge is 2.25. The molecule has 0 unspecified atom stereocenters. The van der Waals surface area contributed by atoms with Crippen molar-refractivity contribution >= 4 is 0 Å². The Bertz CT molecular complexity index is 135. The van der Waals surface area contributed by atoms with Crippen molar-refractivity contribution in [2.75, 3.05) is 13.1 Å². The minimum Gasteiger partial charge on any atom is -0.329 e. The van der Waals surface area contributed by atoms with Crippen molar-refractivity contribution in [2.45, 2.75) is 64.5 Å². The molecule has 2 N–H and O–H groups in total. The number of hydrogen-bond acceptors (Lipinski definition) is 2. The molecule has 0 saturated heterocycles. The molecule has 0 bridgehead atoms. The smallest absolute Gasteiger partial charge is 0.0110 e. The molecule has 1 fully saturated rings. The lowest BCUT2D eigenvalue weighted by Gasteiger charge is -2.35. The Hall–Kier alpha value is -0.0800. The van der Waals surface area contributed by atoms with Gasteiger partial charge in [-0.2, -0.15) is 0 Å². The average Bonchev–Trinajstić information content (AvgIpc) is 2.71. The molecule has 1 saturated carbocycles. The minimum atomic E-state index is 0.765. The Labute approximate surface area is 88.8 Å². The first kappa shape index (κ1) is 12.0. The van der Waals surface area contributed by atoms with Gasteiger partial charge in [0.2, 0.25) is 0 Å². The van der Waals surface area contributed by atoms with Crippen molar-refractivity contribution in [2.24, 2.45) is 5.73 Å². The number of rotatable bonds is 6. The van der Waals surface area contributed by atoms with Crippen LogP contribution in [0, 0.1) is 0 Å². The van der Waals surface area contributed by atoms with Crippen LogP contribution in [-0.2, 0) is 0 Å². The minimum absolute atomic E-state index is 0.765. The summed E-state index contributed by atoms with van der Waals surface area (Å²) >= 11 is 0. The van der Waals surface area contributed by atoms with E-state index in [1.165, 1.54) is 38.5 Å². The highest BCUT2D eigenvalue weighted by Crippen LogP contribution is 2.26. The lowest BCUT2D eigenvalue weighted by Crippen LogP contribution is -2.44. The molecular weight excluding hydrogens is 172 g/mol. The first-order chi connectivity index (χ1) is 6.83. The second kappa shape index (κ2) is 6.41. The first-order valence-electron chi connectivity index (χ1n) is 6.29. The van der Waals surface area contributed by atoms with Gasteiger partial charge in [-0.3, -0.25) is 4.90 Å². The fourth-order valence-electron chi connectivity index (χ4n) is 2.81. The Kier molecular flexibility index (Phi) is 5.49. The van der Waals surface area contributed by atoms with Gasteiger partial charge >= 0.3 is 0 Å². The van der Waals surface area contributed by atoms with Gasteiger partial charge in [-0.05, 0) is 25.7 Å². The van der Waals surface area contributed by atoms with E-state index in [2.05, 4.69) is 18.7 Å². The van der Waals surface area contributed by atoms with Crippen LogP contribution in [-0.4, -0.2) is 30.1 Å². The van der Waals surface area contributed by atoms with E-state index in [1.807, 2.05) is 0 Å². The summed E-state index contributed by atoms with van der Waals surface area (Å²) in [6, 6.07) is 1.60. The SMILES string of the molecule is CCC(CC)N(CCN)C1CCCC1. The van der Waals surface area contributed by atoms with Crippen LogP contribution in [0.15, 0.2) is 0 Å². The predicted molar refractivity (Wildman–Crippen MR) is 62.4 cm³/mol. The van der Waals surface area contributed by atoms with E-state index >= 15 is 0 Å². The van der Waals surface area contributed by atoms with Crippen LogP contribution in [0.25, 0.3) is 0 Å². The molecule has 0 heterocycles. The quantitative estimate of drug-likeness (QED) is 0.710. The van der Waals surface area contributed by atoms with E-state index in [-0.39, 0.29) is 0 Å². The molecule has 0 spiro atoms. The van der Waals surface area contributed by atoms with Gasteiger partial charge in [0.05, 0.1) is 0 Å². The van der Waals surface area contributed by atoms with Gasteiger partial charge in [0, 0.05) is 25.2 Å². The number of hydrogen-bond donors (Lipinski definition) is 1. The summed E-state index contributed by atoms with van der Waals surface area (Å²) < 4.78 is 0. The van der Waals surface area contributed by atoms with E-state index in [9.17, 15) is 0 Å². The molecule has 1 aliphatic rings. The van der Waals surface area contributed by atoms with E-state index in [1.54, 1.807) is 0 Å². The average molecular weight is 198 g/mol. The van der Waals surface area contributed by atoms with E-state index < -0.39 is 0 Å². The van der Waals surface area contributed by atoms with Gasteiger partial charge in [0.15, 0.2) is 0 Å².